The number of carbonyl (C=O) groups is 3. The fourth-order valence-corrected chi connectivity index (χ4v) is 3.87. The summed E-state index contributed by atoms with van der Waals surface area (Å²) in [7, 11) is -0.856. The van der Waals surface area contributed by atoms with E-state index < -0.39 is 50.1 Å². The second-order valence-corrected chi connectivity index (χ2v) is 11.8. The van der Waals surface area contributed by atoms with Crippen LogP contribution in [0.15, 0.2) is 60.7 Å². The van der Waals surface area contributed by atoms with Gasteiger partial charge in [0.25, 0.3) is 0 Å². The van der Waals surface area contributed by atoms with Crippen molar-refractivity contribution in [3.8, 4) is 0 Å². The zero-order valence-electron chi connectivity index (χ0n) is 24.7. The molecule has 0 saturated heterocycles. The van der Waals surface area contributed by atoms with E-state index in [4.69, 9.17) is 23.6 Å². The molecule has 2 aromatic carbocycles. The largest absolute Gasteiger partial charge is 0.438 e. The van der Waals surface area contributed by atoms with Gasteiger partial charge in [0.2, 0.25) is 5.91 Å². The van der Waals surface area contributed by atoms with E-state index in [0.29, 0.717) is 5.56 Å². The van der Waals surface area contributed by atoms with Gasteiger partial charge in [0.15, 0.2) is 6.79 Å². The van der Waals surface area contributed by atoms with Crippen LogP contribution >= 0.6 is 8.69 Å². The van der Waals surface area contributed by atoms with E-state index in [0.717, 1.165) is 5.56 Å². The number of esters is 2. The molecule has 0 radical (unpaired) electrons. The second-order valence-electron chi connectivity index (χ2n) is 11.5. The average Bonchev–Trinajstić information content (AvgIpc) is 2.90. The Kier molecular flexibility index (Phi) is 12.6. The Bertz CT molecular complexity index is 1150. The first-order valence-electron chi connectivity index (χ1n) is 13.2. The van der Waals surface area contributed by atoms with Crippen LogP contribution in [0.5, 0.6) is 0 Å². The number of hydrogen-bond donors (Lipinski definition) is 0. The SMILES string of the molecule is CC(=O)N(CCC(c1ccccc1)C(OCOC(=O)C(C)(C)C)(OP=O)OC(=O)C(C)(C)C)OCc1ccccc1. The van der Waals surface area contributed by atoms with Crippen molar-refractivity contribution in [1.82, 2.24) is 5.06 Å². The van der Waals surface area contributed by atoms with Crippen LogP contribution in [0, 0.1) is 10.8 Å². The third kappa shape index (κ3) is 10.6. The van der Waals surface area contributed by atoms with E-state index in [1.807, 2.05) is 30.3 Å². The molecule has 224 valence electrons. The van der Waals surface area contributed by atoms with Crippen LogP contribution in [0.3, 0.4) is 0 Å². The molecule has 2 rings (SSSR count). The highest BCUT2D eigenvalue weighted by molar-refractivity contribution is 7.17. The van der Waals surface area contributed by atoms with Gasteiger partial charge in [-0.2, -0.15) is 0 Å². The second kappa shape index (κ2) is 15.2. The summed E-state index contributed by atoms with van der Waals surface area (Å²) in [5.41, 5.74) is -0.371. The minimum absolute atomic E-state index is 0.0286. The van der Waals surface area contributed by atoms with Crippen LogP contribution < -0.4 is 0 Å². The molecular formula is C30H40NO9P. The van der Waals surface area contributed by atoms with Crippen molar-refractivity contribution in [3.05, 3.63) is 71.8 Å². The highest BCUT2D eigenvalue weighted by Crippen LogP contribution is 2.41. The van der Waals surface area contributed by atoms with Crippen molar-refractivity contribution in [2.45, 2.75) is 73.4 Å². The van der Waals surface area contributed by atoms with Gasteiger partial charge < -0.3 is 9.47 Å². The maximum absolute atomic E-state index is 13.2. The predicted octanol–water partition coefficient (Wildman–Crippen LogP) is 6.17. The number of hydrogen-bond acceptors (Lipinski definition) is 9. The molecule has 1 amide bonds. The first-order valence-corrected chi connectivity index (χ1v) is 14.0. The normalized spacial score (nSPS) is 14.1. The lowest BCUT2D eigenvalue weighted by molar-refractivity contribution is -0.357. The summed E-state index contributed by atoms with van der Waals surface area (Å²) in [5.74, 6) is -4.87. The molecule has 0 spiro atoms. The topological polar surface area (TPSA) is 118 Å². The van der Waals surface area contributed by atoms with Gasteiger partial charge in [-0.25, -0.2) is 14.2 Å². The number of benzene rings is 2. The van der Waals surface area contributed by atoms with E-state index in [2.05, 4.69) is 0 Å². The minimum atomic E-state index is -2.30. The van der Waals surface area contributed by atoms with Crippen LogP contribution in [0.25, 0.3) is 0 Å². The average molecular weight is 590 g/mol. The molecule has 0 aliphatic heterocycles. The summed E-state index contributed by atoms with van der Waals surface area (Å²) in [5, 5.41) is 1.19. The molecule has 41 heavy (non-hydrogen) atoms. The Labute approximate surface area is 243 Å². The number of nitrogens with zero attached hydrogens (tertiary/aromatic N) is 1. The quantitative estimate of drug-likeness (QED) is 0.110. The van der Waals surface area contributed by atoms with Gasteiger partial charge in [0.05, 0.1) is 16.7 Å². The highest BCUT2D eigenvalue weighted by Gasteiger charge is 2.50. The number of hydroxylamine groups is 2. The van der Waals surface area contributed by atoms with Crippen LogP contribution in [-0.2, 0) is 49.1 Å². The Balaban J connectivity index is 2.46. The van der Waals surface area contributed by atoms with E-state index in [9.17, 15) is 18.9 Å². The fraction of sp³-hybridized carbons (Fsp3) is 0.500. The third-order valence-electron chi connectivity index (χ3n) is 5.91. The molecule has 2 aromatic rings. The van der Waals surface area contributed by atoms with E-state index >= 15 is 0 Å². The Hall–Kier alpha value is -3.17. The summed E-state index contributed by atoms with van der Waals surface area (Å²) in [4.78, 5) is 43.9. The molecule has 0 N–H and O–H groups in total. The summed E-state index contributed by atoms with van der Waals surface area (Å²) in [6, 6.07) is 18.2. The Morgan fingerprint density at radius 2 is 1.41 bits per heavy atom. The molecule has 0 heterocycles. The van der Waals surface area contributed by atoms with Crippen LogP contribution in [0.1, 0.15) is 71.9 Å². The summed E-state index contributed by atoms with van der Waals surface area (Å²) in [6.45, 7) is 10.8. The van der Waals surface area contributed by atoms with Crippen molar-refractivity contribution in [2.24, 2.45) is 10.8 Å². The smallest absolute Gasteiger partial charge is 0.349 e. The number of ether oxygens (including phenoxy) is 3. The molecule has 0 bridgehead atoms. The van der Waals surface area contributed by atoms with Gasteiger partial charge in [0, 0.05) is 13.5 Å². The molecule has 11 heteroatoms. The first-order chi connectivity index (χ1) is 19.2. The number of amides is 1. The van der Waals surface area contributed by atoms with Crippen molar-refractivity contribution in [1.29, 1.82) is 0 Å². The Morgan fingerprint density at radius 3 is 1.93 bits per heavy atom. The zero-order chi connectivity index (χ0) is 30.7. The summed E-state index contributed by atoms with van der Waals surface area (Å²) >= 11 is 0. The van der Waals surface area contributed by atoms with E-state index in [-0.39, 0.29) is 25.5 Å². The maximum atomic E-state index is 13.2. The van der Waals surface area contributed by atoms with Crippen LogP contribution in [-0.4, -0.2) is 42.2 Å². The lowest BCUT2D eigenvalue weighted by atomic mass is 9.92. The van der Waals surface area contributed by atoms with Crippen LogP contribution in [0.2, 0.25) is 0 Å². The van der Waals surface area contributed by atoms with Crippen LogP contribution in [0.4, 0.5) is 0 Å². The summed E-state index contributed by atoms with van der Waals surface area (Å²) in [6.07, 6.45) is 0.0819. The molecule has 0 fully saturated rings. The molecule has 2 atom stereocenters. The highest BCUT2D eigenvalue weighted by atomic mass is 31.1. The van der Waals surface area contributed by atoms with Gasteiger partial charge >= 0.3 is 26.6 Å². The summed E-state index contributed by atoms with van der Waals surface area (Å²) < 4.78 is 34.5. The van der Waals surface area contributed by atoms with E-state index in [1.165, 1.54) is 12.0 Å². The Morgan fingerprint density at radius 1 is 0.854 bits per heavy atom. The molecule has 2 unspecified atom stereocenters. The minimum Gasteiger partial charge on any atom is -0.438 e. The molecule has 0 aliphatic carbocycles. The zero-order valence-corrected chi connectivity index (χ0v) is 25.6. The molecule has 0 saturated carbocycles. The lowest BCUT2D eigenvalue weighted by Gasteiger charge is -2.38. The van der Waals surface area contributed by atoms with Gasteiger partial charge in [-0.05, 0) is 59.1 Å². The third-order valence-corrected chi connectivity index (χ3v) is 6.23. The van der Waals surface area contributed by atoms with Crippen molar-refractivity contribution in [2.75, 3.05) is 13.3 Å². The van der Waals surface area contributed by atoms with Gasteiger partial charge in [-0.3, -0.25) is 24.0 Å². The molecule has 0 aromatic heterocycles. The van der Waals surface area contributed by atoms with Crippen molar-refractivity contribution in [3.63, 3.8) is 0 Å². The molecule has 0 aliphatic rings. The standard InChI is InChI=1S/C30H40NO9P/c1-22(32)31(38-20-23-14-10-8-11-15-23)19-18-25(24-16-12-9-13-17-24)30(40-41-35,39-27(34)29(5,6)7)37-21-36-26(33)28(2,3)4/h8-17,25H,18-21H2,1-7H3. The van der Waals surface area contributed by atoms with Gasteiger partial charge in [0.1, 0.15) is 6.61 Å². The maximum Gasteiger partial charge on any atom is 0.349 e. The predicted molar refractivity (Wildman–Crippen MR) is 151 cm³/mol. The lowest BCUT2D eigenvalue weighted by Crippen LogP contribution is -2.48. The fourth-order valence-electron chi connectivity index (χ4n) is 3.54. The number of rotatable bonds is 14. The van der Waals surface area contributed by atoms with Gasteiger partial charge in [-0.1, -0.05) is 60.7 Å². The van der Waals surface area contributed by atoms with Gasteiger partial charge in [-0.15, -0.1) is 0 Å². The molecular weight excluding hydrogens is 549 g/mol. The number of carbonyl (C=O) groups excluding carboxylic acids is 3. The van der Waals surface area contributed by atoms with E-state index in [1.54, 1.807) is 71.9 Å². The molecule has 10 nitrogen and oxygen atoms in total. The van der Waals surface area contributed by atoms with Crippen molar-refractivity contribution < 1.29 is 42.5 Å². The first kappa shape index (κ1) is 34.0. The van der Waals surface area contributed by atoms with Crippen molar-refractivity contribution >= 4 is 26.5 Å². The monoisotopic (exact) mass is 589 g/mol.